The average Bonchev–Trinajstić information content (AvgIpc) is 3.57. The van der Waals surface area contributed by atoms with Crippen LogP contribution in [0.5, 0.6) is 0 Å². The Labute approximate surface area is 157 Å². The lowest BCUT2D eigenvalue weighted by Crippen LogP contribution is -2.08. The number of ether oxygens (including phenoxy) is 3. The molecule has 2 fully saturated rings. The summed E-state index contributed by atoms with van der Waals surface area (Å²) >= 11 is 0. The van der Waals surface area contributed by atoms with Gasteiger partial charge in [0.05, 0.1) is 26.1 Å². The second-order valence-corrected chi connectivity index (χ2v) is 5.49. The van der Waals surface area contributed by atoms with Gasteiger partial charge in [0.25, 0.3) is 0 Å². The predicted molar refractivity (Wildman–Crippen MR) is 110 cm³/mol. The molecular formula is C22H44O3. The van der Waals surface area contributed by atoms with E-state index in [-0.39, 0.29) is 0 Å². The minimum Gasteiger partial charge on any atom is -0.499 e. The highest BCUT2D eigenvalue weighted by atomic mass is 16.5. The van der Waals surface area contributed by atoms with Gasteiger partial charge in [0.15, 0.2) is 0 Å². The van der Waals surface area contributed by atoms with Crippen LogP contribution >= 0.6 is 0 Å². The van der Waals surface area contributed by atoms with Gasteiger partial charge in [0.1, 0.15) is 6.61 Å². The van der Waals surface area contributed by atoms with Crippen LogP contribution in [0.1, 0.15) is 86.5 Å². The molecule has 0 amide bonds. The molecule has 2 aliphatic carbocycles. The first-order chi connectivity index (χ1) is 12.4. The second kappa shape index (κ2) is 23.2. The summed E-state index contributed by atoms with van der Waals surface area (Å²) in [5.41, 5.74) is 2.94. The molecule has 0 aromatic heterocycles. The van der Waals surface area contributed by atoms with Crippen molar-refractivity contribution in [1.82, 2.24) is 0 Å². The molecule has 0 atom stereocenters. The van der Waals surface area contributed by atoms with E-state index < -0.39 is 0 Å². The van der Waals surface area contributed by atoms with Crippen LogP contribution in [0.25, 0.3) is 0 Å². The average molecular weight is 357 g/mol. The van der Waals surface area contributed by atoms with Crippen LogP contribution in [0, 0.1) is 0 Å². The molecule has 0 unspecified atom stereocenters. The van der Waals surface area contributed by atoms with Gasteiger partial charge < -0.3 is 14.2 Å². The summed E-state index contributed by atoms with van der Waals surface area (Å²) in [5, 5.41) is 0. The number of hydrogen-bond donors (Lipinski definition) is 0. The van der Waals surface area contributed by atoms with E-state index in [0.717, 1.165) is 13.0 Å². The van der Waals surface area contributed by atoms with Crippen LogP contribution in [0.4, 0.5) is 0 Å². The molecule has 2 aliphatic rings. The van der Waals surface area contributed by atoms with Crippen molar-refractivity contribution in [1.29, 1.82) is 0 Å². The Bertz CT molecular complexity index is 304. The topological polar surface area (TPSA) is 27.7 Å². The van der Waals surface area contributed by atoms with Crippen molar-refractivity contribution in [3.05, 3.63) is 23.5 Å². The Kier molecular flexibility index (Phi) is 24.5. The third kappa shape index (κ3) is 21.2. The SMILES string of the molecule is C/C=C1/CCC/C(=C/OCCOCCOCC)C1.C1CC1.CC.CC. The van der Waals surface area contributed by atoms with Gasteiger partial charge in [0, 0.05) is 6.61 Å². The van der Waals surface area contributed by atoms with E-state index >= 15 is 0 Å². The van der Waals surface area contributed by atoms with Crippen molar-refractivity contribution in [3.63, 3.8) is 0 Å². The first-order valence-corrected chi connectivity index (χ1v) is 10.5. The molecule has 0 N–H and O–H groups in total. The Hall–Kier alpha value is -0.800. The molecule has 0 heterocycles. The molecule has 0 bridgehead atoms. The fourth-order valence-corrected chi connectivity index (χ4v) is 2.01. The van der Waals surface area contributed by atoms with Gasteiger partial charge in [-0.2, -0.15) is 0 Å². The molecule has 2 rings (SSSR count). The Morgan fingerprint density at radius 3 is 1.88 bits per heavy atom. The highest BCUT2D eigenvalue weighted by Crippen LogP contribution is 2.27. The van der Waals surface area contributed by atoms with E-state index in [2.05, 4.69) is 13.0 Å². The van der Waals surface area contributed by atoms with Crippen molar-refractivity contribution in [2.24, 2.45) is 0 Å². The lowest BCUT2D eigenvalue weighted by atomic mass is 9.91. The zero-order valence-electron chi connectivity index (χ0n) is 17.9. The van der Waals surface area contributed by atoms with Crippen LogP contribution in [-0.4, -0.2) is 33.0 Å². The molecule has 3 heteroatoms. The van der Waals surface area contributed by atoms with Gasteiger partial charge in [-0.3, -0.25) is 0 Å². The van der Waals surface area contributed by atoms with Crippen LogP contribution in [0.15, 0.2) is 23.5 Å². The van der Waals surface area contributed by atoms with E-state index in [1.165, 1.54) is 49.7 Å². The monoisotopic (exact) mass is 356 g/mol. The van der Waals surface area contributed by atoms with E-state index in [9.17, 15) is 0 Å². The minimum atomic E-state index is 0.626. The normalized spacial score (nSPS) is 18.2. The van der Waals surface area contributed by atoms with Gasteiger partial charge >= 0.3 is 0 Å². The molecular weight excluding hydrogens is 312 g/mol. The predicted octanol–water partition coefficient (Wildman–Crippen LogP) is 6.68. The Morgan fingerprint density at radius 2 is 1.32 bits per heavy atom. The standard InChI is InChI=1S/C15H26O3.C3H6.2C2H6/c1-3-14-6-5-7-15(12-14)13-18-11-10-17-9-8-16-4-2;1-2-3-1;2*1-2/h3,13H,4-12H2,1-2H3;1-3H2;2*1-2H3/b14-3-,15-13-;;;. The maximum Gasteiger partial charge on any atom is 0.111 e. The molecule has 2 saturated carbocycles. The van der Waals surface area contributed by atoms with E-state index in [4.69, 9.17) is 14.2 Å². The summed E-state index contributed by atoms with van der Waals surface area (Å²) in [6, 6.07) is 0. The largest absolute Gasteiger partial charge is 0.499 e. The molecule has 25 heavy (non-hydrogen) atoms. The third-order valence-corrected chi connectivity index (χ3v) is 3.38. The minimum absolute atomic E-state index is 0.626. The highest BCUT2D eigenvalue weighted by Gasteiger charge is 2.09. The van der Waals surface area contributed by atoms with Gasteiger partial charge in [-0.05, 0) is 45.1 Å². The smallest absolute Gasteiger partial charge is 0.111 e. The van der Waals surface area contributed by atoms with Gasteiger partial charge in [0.2, 0.25) is 0 Å². The van der Waals surface area contributed by atoms with Crippen molar-refractivity contribution >= 4 is 0 Å². The van der Waals surface area contributed by atoms with Crippen LogP contribution in [0.3, 0.4) is 0 Å². The maximum absolute atomic E-state index is 5.52. The molecule has 0 aromatic rings. The molecule has 0 aliphatic heterocycles. The van der Waals surface area contributed by atoms with E-state index in [1.54, 1.807) is 0 Å². The van der Waals surface area contributed by atoms with Gasteiger partial charge in [-0.25, -0.2) is 0 Å². The zero-order valence-corrected chi connectivity index (χ0v) is 17.9. The molecule has 150 valence electrons. The van der Waals surface area contributed by atoms with Crippen LogP contribution in [-0.2, 0) is 14.2 Å². The fraction of sp³-hybridized carbons (Fsp3) is 0.818. The summed E-state index contributed by atoms with van der Waals surface area (Å²) in [6.45, 7) is 15.4. The summed E-state index contributed by atoms with van der Waals surface area (Å²) < 4.78 is 16.1. The first-order valence-electron chi connectivity index (χ1n) is 10.5. The zero-order chi connectivity index (χ0) is 19.2. The van der Waals surface area contributed by atoms with Crippen molar-refractivity contribution in [3.8, 4) is 0 Å². The van der Waals surface area contributed by atoms with E-state index in [1.807, 2.05) is 40.9 Å². The summed E-state index contributed by atoms with van der Waals surface area (Å²) in [7, 11) is 0. The van der Waals surface area contributed by atoms with Crippen molar-refractivity contribution < 1.29 is 14.2 Å². The van der Waals surface area contributed by atoms with Crippen LogP contribution < -0.4 is 0 Å². The summed E-state index contributed by atoms with van der Waals surface area (Å²) in [4.78, 5) is 0. The Morgan fingerprint density at radius 1 is 0.760 bits per heavy atom. The second-order valence-electron chi connectivity index (χ2n) is 5.49. The summed E-state index contributed by atoms with van der Waals surface area (Å²) in [5.74, 6) is 0. The third-order valence-electron chi connectivity index (χ3n) is 3.38. The van der Waals surface area contributed by atoms with E-state index in [0.29, 0.717) is 26.4 Å². The quantitative estimate of drug-likeness (QED) is 0.276. The maximum atomic E-state index is 5.52. The van der Waals surface area contributed by atoms with Crippen molar-refractivity contribution in [2.75, 3.05) is 33.0 Å². The highest BCUT2D eigenvalue weighted by molar-refractivity contribution is 5.17. The fourth-order valence-electron chi connectivity index (χ4n) is 2.01. The molecule has 0 aromatic carbocycles. The number of rotatable bonds is 8. The lowest BCUT2D eigenvalue weighted by Gasteiger charge is -2.17. The number of hydrogen-bond acceptors (Lipinski definition) is 3. The molecule has 0 saturated heterocycles. The molecule has 0 radical (unpaired) electrons. The van der Waals surface area contributed by atoms with Crippen molar-refractivity contribution in [2.45, 2.75) is 86.5 Å². The Balaban J connectivity index is 0. The first kappa shape index (κ1) is 26.4. The molecule has 0 spiro atoms. The number of allylic oxidation sites excluding steroid dienone is 3. The van der Waals surface area contributed by atoms with Crippen LogP contribution in [0.2, 0.25) is 0 Å². The summed E-state index contributed by atoms with van der Waals surface area (Å²) in [6.07, 6.45) is 13.4. The lowest BCUT2D eigenvalue weighted by molar-refractivity contribution is 0.0339. The van der Waals surface area contributed by atoms with Gasteiger partial charge in [-0.1, -0.05) is 58.6 Å². The van der Waals surface area contributed by atoms with Gasteiger partial charge in [-0.15, -0.1) is 0 Å². The molecule has 3 nitrogen and oxygen atoms in total.